The number of benzene rings is 1. The van der Waals surface area contributed by atoms with Crippen LogP contribution in [0.25, 0.3) is 0 Å². The average Bonchev–Trinajstić information content (AvgIpc) is 2.59. The smallest absolute Gasteiger partial charge is 0.309 e. The lowest BCUT2D eigenvalue weighted by molar-refractivity contribution is -0.153. The van der Waals surface area contributed by atoms with Crippen LogP contribution >= 0.6 is 15.9 Å². The average molecular weight is 383 g/mol. The molecular weight excluding hydrogens is 364 g/mol. The summed E-state index contributed by atoms with van der Waals surface area (Å²) < 4.78 is 5.84. The third kappa shape index (κ3) is 5.67. The summed E-state index contributed by atoms with van der Waals surface area (Å²) in [4.78, 5) is 35.2. The first-order valence-corrected chi connectivity index (χ1v) is 8.37. The van der Waals surface area contributed by atoms with Crippen molar-refractivity contribution < 1.29 is 19.1 Å². The van der Waals surface area contributed by atoms with Gasteiger partial charge in [0.1, 0.15) is 0 Å². The normalized spacial score (nSPS) is 14.8. The topological polar surface area (TPSA) is 84.5 Å². The number of halogens is 1. The Morgan fingerprint density at radius 3 is 2.35 bits per heavy atom. The Bertz CT molecular complexity index is 568. The SMILES string of the molecule is O=C(COC(=O)C1CCCCC1)NNC(=O)c1ccc(Br)cc1. The lowest BCUT2D eigenvalue weighted by atomic mass is 9.89. The zero-order valence-corrected chi connectivity index (χ0v) is 14.2. The Morgan fingerprint density at radius 1 is 1.04 bits per heavy atom. The predicted octanol–water partition coefficient (Wildman–Crippen LogP) is 2.33. The second kappa shape index (κ2) is 8.67. The summed E-state index contributed by atoms with van der Waals surface area (Å²) in [6, 6.07) is 6.69. The van der Waals surface area contributed by atoms with Crippen LogP contribution in [-0.2, 0) is 14.3 Å². The number of hydrazine groups is 1. The van der Waals surface area contributed by atoms with Crippen molar-refractivity contribution in [2.45, 2.75) is 32.1 Å². The minimum absolute atomic E-state index is 0.103. The molecule has 0 radical (unpaired) electrons. The van der Waals surface area contributed by atoms with E-state index in [1.54, 1.807) is 24.3 Å². The summed E-state index contributed by atoms with van der Waals surface area (Å²) in [5.41, 5.74) is 4.91. The molecule has 1 aliphatic carbocycles. The van der Waals surface area contributed by atoms with Gasteiger partial charge in [-0.15, -0.1) is 0 Å². The van der Waals surface area contributed by atoms with Crippen LogP contribution < -0.4 is 10.9 Å². The number of amides is 2. The van der Waals surface area contributed by atoms with Crippen molar-refractivity contribution in [1.82, 2.24) is 10.9 Å². The molecule has 1 aromatic carbocycles. The molecule has 1 fully saturated rings. The molecule has 2 N–H and O–H groups in total. The molecule has 0 heterocycles. The monoisotopic (exact) mass is 382 g/mol. The summed E-state index contributed by atoms with van der Waals surface area (Å²) in [7, 11) is 0. The van der Waals surface area contributed by atoms with E-state index in [0.717, 1.165) is 36.6 Å². The highest BCUT2D eigenvalue weighted by molar-refractivity contribution is 9.10. The number of esters is 1. The Morgan fingerprint density at radius 2 is 1.70 bits per heavy atom. The maximum Gasteiger partial charge on any atom is 0.309 e. The van der Waals surface area contributed by atoms with Gasteiger partial charge in [-0.2, -0.15) is 0 Å². The van der Waals surface area contributed by atoms with Crippen LogP contribution in [0.5, 0.6) is 0 Å². The van der Waals surface area contributed by atoms with Crippen molar-refractivity contribution in [3.05, 3.63) is 34.3 Å². The summed E-state index contributed by atoms with van der Waals surface area (Å²) in [6.45, 7) is -0.393. The van der Waals surface area contributed by atoms with Crippen LogP contribution in [0.4, 0.5) is 0 Å². The number of rotatable bonds is 4. The molecule has 0 unspecified atom stereocenters. The molecule has 0 aromatic heterocycles. The first-order valence-electron chi connectivity index (χ1n) is 7.57. The molecule has 2 rings (SSSR count). The van der Waals surface area contributed by atoms with Crippen LogP contribution in [0.2, 0.25) is 0 Å². The van der Waals surface area contributed by atoms with Crippen LogP contribution in [0.1, 0.15) is 42.5 Å². The largest absolute Gasteiger partial charge is 0.455 e. The molecule has 0 aliphatic heterocycles. The molecule has 7 heteroatoms. The number of hydrogen-bond donors (Lipinski definition) is 2. The second-order valence-electron chi connectivity index (χ2n) is 5.45. The van der Waals surface area contributed by atoms with Gasteiger partial charge in [-0.05, 0) is 37.1 Å². The van der Waals surface area contributed by atoms with Crippen LogP contribution in [0.3, 0.4) is 0 Å². The first kappa shape index (κ1) is 17.5. The quantitative estimate of drug-likeness (QED) is 0.618. The van der Waals surface area contributed by atoms with Crippen LogP contribution in [0.15, 0.2) is 28.7 Å². The van der Waals surface area contributed by atoms with Crippen LogP contribution in [-0.4, -0.2) is 24.4 Å². The van der Waals surface area contributed by atoms with Gasteiger partial charge in [0.05, 0.1) is 5.92 Å². The van der Waals surface area contributed by atoms with E-state index < -0.39 is 18.4 Å². The van der Waals surface area contributed by atoms with Crippen molar-refractivity contribution in [1.29, 1.82) is 0 Å². The van der Waals surface area contributed by atoms with Crippen molar-refractivity contribution in [3.63, 3.8) is 0 Å². The number of carbonyl (C=O) groups excluding carboxylic acids is 3. The van der Waals surface area contributed by atoms with Crippen molar-refractivity contribution in [2.75, 3.05) is 6.61 Å². The van der Waals surface area contributed by atoms with E-state index >= 15 is 0 Å². The van der Waals surface area contributed by atoms with E-state index in [9.17, 15) is 14.4 Å². The van der Waals surface area contributed by atoms with Gasteiger partial charge in [0.15, 0.2) is 6.61 Å². The van der Waals surface area contributed by atoms with E-state index in [-0.39, 0.29) is 11.9 Å². The fourth-order valence-electron chi connectivity index (χ4n) is 2.43. The van der Waals surface area contributed by atoms with E-state index in [0.29, 0.717) is 5.56 Å². The predicted molar refractivity (Wildman–Crippen MR) is 87.3 cm³/mol. The molecule has 0 spiro atoms. The minimum Gasteiger partial charge on any atom is -0.455 e. The maximum absolute atomic E-state index is 11.8. The molecule has 0 bridgehead atoms. The minimum atomic E-state index is -0.570. The molecule has 0 atom stereocenters. The molecule has 1 aromatic rings. The number of hydrogen-bond acceptors (Lipinski definition) is 4. The van der Waals surface area contributed by atoms with Gasteiger partial charge in [0.25, 0.3) is 11.8 Å². The van der Waals surface area contributed by atoms with Crippen LogP contribution in [0, 0.1) is 5.92 Å². The highest BCUT2D eigenvalue weighted by Crippen LogP contribution is 2.24. The molecular formula is C16H19BrN2O4. The molecule has 0 saturated heterocycles. The third-order valence-corrected chi connectivity index (χ3v) is 4.23. The standard InChI is InChI=1S/C16H19BrN2O4/c17-13-8-6-11(7-9-13)15(21)19-18-14(20)10-23-16(22)12-4-2-1-3-5-12/h6-9,12H,1-5,10H2,(H,18,20)(H,19,21). The van der Waals surface area contributed by atoms with Gasteiger partial charge in [-0.3, -0.25) is 25.2 Å². The molecule has 6 nitrogen and oxygen atoms in total. The maximum atomic E-state index is 11.8. The fourth-order valence-corrected chi connectivity index (χ4v) is 2.69. The summed E-state index contributed by atoms with van der Waals surface area (Å²) >= 11 is 3.27. The Hall–Kier alpha value is -1.89. The zero-order valence-electron chi connectivity index (χ0n) is 12.6. The highest BCUT2D eigenvalue weighted by Gasteiger charge is 2.23. The lowest BCUT2D eigenvalue weighted by Crippen LogP contribution is -2.43. The second-order valence-corrected chi connectivity index (χ2v) is 6.37. The van der Waals surface area contributed by atoms with E-state index in [1.807, 2.05) is 0 Å². The van der Waals surface area contributed by atoms with Gasteiger partial charge in [0, 0.05) is 10.0 Å². The Labute approximate surface area is 143 Å². The Balaban J connectivity index is 1.69. The summed E-state index contributed by atoms with van der Waals surface area (Å²) in [6.07, 6.45) is 4.83. The fraction of sp³-hybridized carbons (Fsp3) is 0.438. The molecule has 124 valence electrons. The summed E-state index contributed by atoms with van der Waals surface area (Å²) in [5, 5.41) is 0. The third-order valence-electron chi connectivity index (χ3n) is 3.71. The van der Waals surface area contributed by atoms with Crippen molar-refractivity contribution >= 4 is 33.7 Å². The van der Waals surface area contributed by atoms with Crippen molar-refractivity contribution in [2.24, 2.45) is 5.92 Å². The Kier molecular flexibility index (Phi) is 6.58. The van der Waals surface area contributed by atoms with Gasteiger partial charge in [-0.25, -0.2) is 0 Å². The number of ether oxygens (including phenoxy) is 1. The van der Waals surface area contributed by atoms with E-state index in [1.165, 1.54) is 0 Å². The molecule has 1 saturated carbocycles. The number of carbonyl (C=O) groups is 3. The van der Waals surface area contributed by atoms with Crippen molar-refractivity contribution in [3.8, 4) is 0 Å². The van der Waals surface area contributed by atoms with Gasteiger partial charge in [-0.1, -0.05) is 35.2 Å². The molecule has 23 heavy (non-hydrogen) atoms. The highest BCUT2D eigenvalue weighted by atomic mass is 79.9. The van der Waals surface area contributed by atoms with E-state index in [4.69, 9.17) is 4.74 Å². The van der Waals surface area contributed by atoms with E-state index in [2.05, 4.69) is 26.8 Å². The molecule has 1 aliphatic rings. The first-order chi connectivity index (χ1) is 11.1. The lowest BCUT2D eigenvalue weighted by Gasteiger charge is -2.19. The molecule has 2 amide bonds. The summed E-state index contributed by atoms with van der Waals surface area (Å²) in [5.74, 6) is -1.45. The van der Waals surface area contributed by atoms with Gasteiger partial charge in [0.2, 0.25) is 0 Å². The number of nitrogens with one attached hydrogen (secondary N) is 2. The zero-order chi connectivity index (χ0) is 16.7. The van der Waals surface area contributed by atoms with Gasteiger partial charge < -0.3 is 4.74 Å². The van der Waals surface area contributed by atoms with Gasteiger partial charge >= 0.3 is 5.97 Å².